The molecule has 0 aliphatic rings. The summed E-state index contributed by atoms with van der Waals surface area (Å²) >= 11 is 0. The maximum absolute atomic E-state index is 5.21. The molecule has 0 saturated heterocycles. The first-order valence-corrected chi connectivity index (χ1v) is 12.9. The fraction of sp³-hybridized carbons (Fsp3) is 0.167. The third-order valence-corrected chi connectivity index (χ3v) is 8.24. The highest BCUT2D eigenvalue weighted by atomic mass is 31.1. The van der Waals surface area contributed by atoms with E-state index in [9.17, 15) is 0 Å². The van der Waals surface area contributed by atoms with Crippen molar-refractivity contribution in [3.05, 3.63) is 120 Å². The van der Waals surface area contributed by atoms with Crippen LogP contribution < -0.4 is 15.3 Å². The second-order valence-electron chi connectivity index (χ2n) is 7.92. The number of aryl methyl sites for hydroxylation is 2. The molecule has 4 aromatic rings. The summed E-state index contributed by atoms with van der Waals surface area (Å²) in [5.74, 6) is 1.01. The van der Waals surface area contributed by atoms with Crippen LogP contribution in [0.2, 0.25) is 0 Å². The topological polar surface area (TPSA) is 15.6 Å². The van der Waals surface area contributed by atoms with E-state index in [0.29, 0.717) is 0 Å². The molecule has 0 saturated carbocycles. The number of amidine groups is 1. The monoisotopic (exact) mass is 450 g/mol. The highest BCUT2D eigenvalue weighted by Gasteiger charge is 2.27. The smallest absolute Gasteiger partial charge is 0.110 e. The molecule has 0 amide bonds. The van der Waals surface area contributed by atoms with E-state index >= 15 is 0 Å². The van der Waals surface area contributed by atoms with Gasteiger partial charge in [0, 0.05) is 16.3 Å². The van der Waals surface area contributed by atoms with Gasteiger partial charge in [-0.15, -0.1) is 0 Å². The van der Waals surface area contributed by atoms with Crippen LogP contribution in [-0.2, 0) is 12.8 Å². The van der Waals surface area contributed by atoms with Gasteiger partial charge in [0.15, 0.2) is 0 Å². The van der Waals surface area contributed by atoms with Crippen molar-refractivity contribution in [2.24, 2.45) is 4.99 Å². The van der Waals surface area contributed by atoms with E-state index in [1.54, 1.807) is 0 Å². The van der Waals surface area contributed by atoms with Crippen LogP contribution in [0.25, 0.3) is 0 Å². The predicted molar refractivity (Wildman–Crippen MR) is 146 cm³/mol. The number of hydrogen-bond acceptors (Lipinski definition) is 1. The molecule has 3 heteroatoms. The number of anilines is 1. The number of hydrogen-bond donors (Lipinski definition) is 0. The lowest BCUT2D eigenvalue weighted by Gasteiger charge is -2.35. The molecule has 0 fully saturated rings. The summed E-state index contributed by atoms with van der Waals surface area (Å²) in [5, 5.41) is 2.62. The van der Waals surface area contributed by atoms with Crippen LogP contribution in [-0.4, -0.2) is 5.84 Å². The maximum Gasteiger partial charge on any atom is 0.110 e. The standard InChI is InChI=1S/C30H31N2P/c1-4-25-16-12-14-22-29(25)31-24(3)32(30-23-15-13-17-26(30)5-2)33(27-18-8-6-9-19-27)28-20-10-7-11-21-28/h6-23H,4-5H2,1-3H3. The predicted octanol–water partition coefficient (Wildman–Crippen LogP) is 7.42. The molecule has 0 aromatic heterocycles. The van der Waals surface area contributed by atoms with E-state index in [2.05, 4.69) is 135 Å². The fourth-order valence-electron chi connectivity index (χ4n) is 4.10. The zero-order valence-electron chi connectivity index (χ0n) is 19.6. The zero-order valence-corrected chi connectivity index (χ0v) is 20.5. The Morgan fingerprint density at radius 1 is 0.636 bits per heavy atom. The molecule has 0 aliphatic carbocycles. The first-order valence-electron chi connectivity index (χ1n) is 11.6. The quantitative estimate of drug-likeness (QED) is 0.163. The lowest BCUT2D eigenvalue weighted by Crippen LogP contribution is -2.33. The Labute approximate surface area is 199 Å². The van der Waals surface area contributed by atoms with E-state index in [4.69, 9.17) is 4.99 Å². The van der Waals surface area contributed by atoms with Crippen molar-refractivity contribution >= 4 is 35.9 Å². The lowest BCUT2D eigenvalue weighted by atomic mass is 10.1. The second-order valence-corrected chi connectivity index (χ2v) is 9.97. The summed E-state index contributed by atoms with van der Waals surface area (Å²) in [5.41, 5.74) is 4.88. The van der Waals surface area contributed by atoms with E-state index in [1.807, 2.05) is 0 Å². The molecule has 0 aliphatic heterocycles. The summed E-state index contributed by atoms with van der Waals surface area (Å²) in [6.07, 6.45) is 1.93. The molecule has 0 heterocycles. The van der Waals surface area contributed by atoms with Crippen molar-refractivity contribution in [1.82, 2.24) is 0 Å². The summed E-state index contributed by atoms with van der Waals surface area (Å²) in [7, 11) is -0.859. The van der Waals surface area contributed by atoms with Gasteiger partial charge in [-0.1, -0.05) is 111 Å². The number of aliphatic imine (C=N–C) groups is 1. The lowest BCUT2D eigenvalue weighted by molar-refractivity contribution is 1.12. The molecule has 0 unspecified atom stereocenters. The Hall–Kier alpha value is -3.22. The zero-order chi connectivity index (χ0) is 23.0. The van der Waals surface area contributed by atoms with Crippen LogP contribution in [0, 0.1) is 0 Å². The van der Waals surface area contributed by atoms with Crippen molar-refractivity contribution in [2.75, 3.05) is 4.67 Å². The van der Waals surface area contributed by atoms with Gasteiger partial charge in [0.1, 0.15) is 5.84 Å². The number of benzene rings is 4. The van der Waals surface area contributed by atoms with Gasteiger partial charge < -0.3 is 0 Å². The largest absolute Gasteiger partial charge is 0.300 e. The van der Waals surface area contributed by atoms with E-state index in [1.165, 1.54) is 27.4 Å². The first-order chi connectivity index (χ1) is 16.2. The Balaban J connectivity index is 1.95. The Morgan fingerprint density at radius 2 is 1.12 bits per heavy atom. The van der Waals surface area contributed by atoms with Crippen LogP contribution in [0.4, 0.5) is 11.4 Å². The van der Waals surface area contributed by atoms with Crippen LogP contribution >= 0.6 is 8.07 Å². The minimum Gasteiger partial charge on any atom is -0.300 e. The normalized spacial score (nSPS) is 11.6. The molecule has 33 heavy (non-hydrogen) atoms. The van der Waals surface area contributed by atoms with Crippen molar-refractivity contribution in [3.63, 3.8) is 0 Å². The van der Waals surface area contributed by atoms with Crippen LogP contribution in [0.5, 0.6) is 0 Å². The minimum absolute atomic E-state index is 0.859. The van der Waals surface area contributed by atoms with Gasteiger partial charge in [-0.2, -0.15) is 0 Å². The van der Waals surface area contributed by atoms with E-state index in [-0.39, 0.29) is 0 Å². The first kappa shape index (κ1) is 23.0. The van der Waals surface area contributed by atoms with Gasteiger partial charge >= 0.3 is 0 Å². The summed E-state index contributed by atoms with van der Waals surface area (Å²) in [6.45, 7) is 6.57. The third-order valence-electron chi connectivity index (χ3n) is 5.76. The summed E-state index contributed by atoms with van der Waals surface area (Å²) < 4.78 is 2.48. The molecule has 2 nitrogen and oxygen atoms in total. The molecule has 0 atom stereocenters. The van der Waals surface area contributed by atoms with Crippen LogP contribution in [0.15, 0.2) is 114 Å². The fourth-order valence-corrected chi connectivity index (χ4v) is 6.52. The van der Waals surface area contributed by atoms with Crippen molar-refractivity contribution in [3.8, 4) is 0 Å². The van der Waals surface area contributed by atoms with Crippen LogP contribution in [0.1, 0.15) is 31.9 Å². The van der Waals surface area contributed by atoms with Crippen molar-refractivity contribution in [2.45, 2.75) is 33.6 Å². The second kappa shape index (κ2) is 11.1. The number of rotatable bonds is 7. The van der Waals surface area contributed by atoms with Gasteiger partial charge in [-0.25, -0.2) is 4.99 Å². The molecule has 0 N–H and O–H groups in total. The van der Waals surface area contributed by atoms with Crippen molar-refractivity contribution < 1.29 is 0 Å². The minimum atomic E-state index is -0.859. The summed E-state index contributed by atoms with van der Waals surface area (Å²) in [6, 6.07) is 38.9. The van der Waals surface area contributed by atoms with E-state index in [0.717, 1.165) is 24.4 Å². The molecule has 166 valence electrons. The highest BCUT2D eigenvalue weighted by Crippen LogP contribution is 2.44. The average Bonchev–Trinajstić information content (AvgIpc) is 2.88. The highest BCUT2D eigenvalue weighted by molar-refractivity contribution is 7.75. The van der Waals surface area contributed by atoms with E-state index < -0.39 is 8.07 Å². The summed E-state index contributed by atoms with van der Waals surface area (Å²) in [4.78, 5) is 5.21. The molecule has 4 rings (SSSR count). The average molecular weight is 451 g/mol. The van der Waals surface area contributed by atoms with Gasteiger partial charge in [-0.05, 0) is 43.0 Å². The van der Waals surface area contributed by atoms with Gasteiger partial charge in [0.05, 0.1) is 13.8 Å². The van der Waals surface area contributed by atoms with Crippen LogP contribution in [0.3, 0.4) is 0 Å². The molecule has 0 radical (unpaired) electrons. The Bertz CT molecular complexity index is 1160. The van der Waals surface area contributed by atoms with Gasteiger partial charge in [-0.3, -0.25) is 4.67 Å². The number of para-hydroxylation sites is 2. The Morgan fingerprint density at radius 3 is 1.70 bits per heavy atom. The molecule has 0 bridgehead atoms. The molecule has 4 aromatic carbocycles. The van der Waals surface area contributed by atoms with Gasteiger partial charge in [0.2, 0.25) is 0 Å². The Kier molecular flexibility index (Phi) is 7.70. The maximum atomic E-state index is 5.21. The van der Waals surface area contributed by atoms with Gasteiger partial charge in [0.25, 0.3) is 0 Å². The van der Waals surface area contributed by atoms with Crippen molar-refractivity contribution in [1.29, 1.82) is 0 Å². The number of nitrogens with zero attached hydrogens (tertiary/aromatic N) is 2. The molecule has 0 spiro atoms. The SMILES string of the molecule is CCc1ccccc1N=C(C)N(c1ccccc1CC)P(c1ccccc1)c1ccccc1. The third kappa shape index (κ3) is 5.24. The molecular formula is C30H31N2P. The molecular weight excluding hydrogens is 419 g/mol.